The number of ether oxygens (including phenoxy) is 1. The first kappa shape index (κ1) is 20.6. The molecule has 0 radical (unpaired) electrons. The number of alkyl halides is 2. The van der Waals surface area contributed by atoms with E-state index in [-0.39, 0.29) is 32.8 Å². The smallest absolute Gasteiger partial charge is 0.387 e. The Morgan fingerprint density at radius 1 is 1.10 bits per heavy atom. The number of para-hydroxylation sites is 1. The van der Waals surface area contributed by atoms with Crippen LogP contribution in [0.15, 0.2) is 53.2 Å². The van der Waals surface area contributed by atoms with Gasteiger partial charge in [-0.05, 0) is 24.3 Å². The summed E-state index contributed by atoms with van der Waals surface area (Å²) in [6.07, 6.45) is 3.56. The van der Waals surface area contributed by atoms with Gasteiger partial charge in [0.05, 0.1) is 27.7 Å². The van der Waals surface area contributed by atoms with Gasteiger partial charge in [0.15, 0.2) is 11.3 Å². The SMILES string of the molecule is CS(=O)(=O)N(c1ccc2oc3c(OC(F)F)cccc3c2c1)c1c(Cl)cncc1Cl. The molecule has 4 rings (SSSR count). The van der Waals surface area contributed by atoms with E-state index in [2.05, 4.69) is 9.72 Å². The van der Waals surface area contributed by atoms with E-state index in [0.29, 0.717) is 16.4 Å². The molecule has 30 heavy (non-hydrogen) atoms. The normalized spacial score (nSPS) is 12.1. The van der Waals surface area contributed by atoms with Crippen LogP contribution in [0.2, 0.25) is 10.0 Å². The second-order valence-electron chi connectivity index (χ2n) is 6.27. The zero-order chi connectivity index (χ0) is 21.6. The average molecular weight is 473 g/mol. The van der Waals surface area contributed by atoms with Gasteiger partial charge in [-0.15, -0.1) is 0 Å². The zero-order valence-electron chi connectivity index (χ0n) is 15.1. The topological polar surface area (TPSA) is 72.6 Å². The van der Waals surface area contributed by atoms with E-state index in [1.165, 1.54) is 36.7 Å². The van der Waals surface area contributed by atoms with Crippen molar-refractivity contribution in [2.45, 2.75) is 6.61 Å². The number of hydrogen-bond acceptors (Lipinski definition) is 5. The lowest BCUT2D eigenvalue weighted by molar-refractivity contribution is -0.0493. The molecular formula is C19H12Cl2F2N2O4S. The first-order valence-corrected chi connectivity index (χ1v) is 11.0. The van der Waals surface area contributed by atoms with Crippen LogP contribution in [0.4, 0.5) is 20.2 Å². The van der Waals surface area contributed by atoms with Crippen molar-refractivity contribution >= 4 is 66.5 Å². The van der Waals surface area contributed by atoms with Crippen LogP contribution in [0.25, 0.3) is 21.9 Å². The molecule has 2 aromatic heterocycles. The molecule has 0 bridgehead atoms. The van der Waals surface area contributed by atoms with Crippen molar-refractivity contribution in [3.63, 3.8) is 0 Å². The van der Waals surface area contributed by atoms with Crippen LogP contribution >= 0.6 is 23.2 Å². The van der Waals surface area contributed by atoms with E-state index >= 15 is 0 Å². The second-order valence-corrected chi connectivity index (χ2v) is 8.92. The summed E-state index contributed by atoms with van der Waals surface area (Å²) >= 11 is 12.4. The molecule has 2 aromatic carbocycles. The maximum Gasteiger partial charge on any atom is 0.387 e. The van der Waals surface area contributed by atoms with Crippen LogP contribution in [0.5, 0.6) is 5.75 Å². The average Bonchev–Trinajstić information content (AvgIpc) is 3.02. The van der Waals surface area contributed by atoms with E-state index in [1.807, 2.05) is 0 Å². The van der Waals surface area contributed by atoms with E-state index in [9.17, 15) is 17.2 Å². The van der Waals surface area contributed by atoms with E-state index in [0.717, 1.165) is 10.6 Å². The molecule has 0 saturated heterocycles. The number of nitrogens with zero attached hydrogens (tertiary/aromatic N) is 2. The largest absolute Gasteiger partial charge is 0.452 e. The minimum Gasteiger partial charge on any atom is -0.452 e. The lowest BCUT2D eigenvalue weighted by Gasteiger charge is -2.24. The summed E-state index contributed by atoms with van der Waals surface area (Å²) in [4.78, 5) is 3.84. The highest BCUT2D eigenvalue weighted by atomic mass is 35.5. The molecule has 0 aliphatic carbocycles. The quantitative estimate of drug-likeness (QED) is 0.356. The Hall–Kier alpha value is -2.62. The summed E-state index contributed by atoms with van der Waals surface area (Å²) in [5, 5.41) is 1.05. The van der Waals surface area contributed by atoms with Gasteiger partial charge in [-0.25, -0.2) is 12.7 Å². The molecule has 0 N–H and O–H groups in total. The van der Waals surface area contributed by atoms with Gasteiger partial charge in [-0.1, -0.05) is 35.3 Å². The Morgan fingerprint density at radius 3 is 2.43 bits per heavy atom. The summed E-state index contributed by atoms with van der Waals surface area (Å²) in [7, 11) is -3.86. The van der Waals surface area contributed by atoms with Crippen molar-refractivity contribution in [3.05, 3.63) is 58.8 Å². The highest BCUT2D eigenvalue weighted by molar-refractivity contribution is 7.92. The monoisotopic (exact) mass is 472 g/mol. The van der Waals surface area contributed by atoms with Gasteiger partial charge >= 0.3 is 6.61 Å². The molecule has 0 saturated carbocycles. The van der Waals surface area contributed by atoms with Gasteiger partial charge in [-0.3, -0.25) is 4.98 Å². The van der Waals surface area contributed by atoms with Crippen LogP contribution < -0.4 is 9.04 Å². The van der Waals surface area contributed by atoms with Crippen molar-refractivity contribution in [1.82, 2.24) is 4.98 Å². The third-order valence-corrected chi connectivity index (χ3v) is 5.87. The number of furan rings is 1. The first-order valence-electron chi connectivity index (χ1n) is 8.36. The summed E-state index contributed by atoms with van der Waals surface area (Å²) in [6.45, 7) is -3.02. The molecule has 0 atom stereocenters. The third-order valence-electron chi connectivity index (χ3n) is 4.26. The summed E-state index contributed by atoms with van der Waals surface area (Å²) in [6, 6.07) is 9.11. The van der Waals surface area contributed by atoms with Gasteiger partial charge in [0, 0.05) is 23.2 Å². The van der Waals surface area contributed by atoms with Gasteiger partial charge in [0.25, 0.3) is 0 Å². The number of pyridine rings is 1. The molecule has 4 aromatic rings. The molecule has 6 nitrogen and oxygen atoms in total. The van der Waals surface area contributed by atoms with Crippen LogP contribution in [0.1, 0.15) is 0 Å². The number of halogens is 4. The molecule has 2 heterocycles. The van der Waals surface area contributed by atoms with Crippen LogP contribution in [-0.2, 0) is 10.0 Å². The maximum absolute atomic E-state index is 12.7. The molecular weight excluding hydrogens is 461 g/mol. The standard InChI is InChI=1S/C19H12Cl2F2N2O4S/c1-30(26,27)25(17-13(20)8-24-9-14(17)21)10-5-6-15-12(7-10)11-3-2-4-16(18(11)28-15)29-19(22)23/h2-9,19H,1H3. The van der Waals surface area contributed by atoms with Crippen molar-refractivity contribution in [2.24, 2.45) is 0 Å². The number of hydrogen-bond donors (Lipinski definition) is 0. The van der Waals surface area contributed by atoms with Crippen LogP contribution in [0.3, 0.4) is 0 Å². The summed E-state index contributed by atoms with van der Waals surface area (Å²) in [5.41, 5.74) is 0.753. The number of fused-ring (bicyclic) bond motifs is 3. The van der Waals surface area contributed by atoms with E-state index in [1.54, 1.807) is 12.1 Å². The minimum absolute atomic E-state index is 0.0395. The fourth-order valence-corrected chi connectivity index (χ4v) is 4.82. The minimum atomic E-state index is -3.86. The van der Waals surface area contributed by atoms with Crippen molar-refractivity contribution in [1.29, 1.82) is 0 Å². The van der Waals surface area contributed by atoms with Crippen molar-refractivity contribution in [3.8, 4) is 5.75 Å². The lowest BCUT2D eigenvalue weighted by Crippen LogP contribution is -2.25. The summed E-state index contributed by atoms with van der Waals surface area (Å²) in [5.74, 6) is -0.125. The van der Waals surface area contributed by atoms with Gasteiger partial charge in [0.2, 0.25) is 10.0 Å². The summed E-state index contributed by atoms with van der Waals surface area (Å²) < 4.78 is 61.8. The highest BCUT2D eigenvalue weighted by Gasteiger charge is 2.26. The zero-order valence-corrected chi connectivity index (χ0v) is 17.5. The Labute approximate surface area is 179 Å². The first-order chi connectivity index (χ1) is 14.2. The fourth-order valence-electron chi connectivity index (χ4n) is 3.16. The van der Waals surface area contributed by atoms with Crippen LogP contribution in [-0.4, -0.2) is 26.3 Å². The molecule has 0 spiro atoms. The Balaban J connectivity index is 1.96. The number of sulfonamides is 1. The highest BCUT2D eigenvalue weighted by Crippen LogP contribution is 2.42. The third kappa shape index (κ3) is 3.64. The van der Waals surface area contributed by atoms with Crippen molar-refractivity contribution < 1.29 is 26.4 Å². The maximum atomic E-state index is 12.7. The molecule has 11 heteroatoms. The lowest BCUT2D eigenvalue weighted by atomic mass is 10.1. The molecule has 0 amide bonds. The number of anilines is 2. The number of aromatic nitrogens is 1. The van der Waals surface area contributed by atoms with E-state index in [4.69, 9.17) is 27.6 Å². The van der Waals surface area contributed by atoms with Crippen molar-refractivity contribution in [2.75, 3.05) is 10.6 Å². The molecule has 0 aliphatic heterocycles. The molecule has 0 aliphatic rings. The second kappa shape index (κ2) is 7.57. The number of benzene rings is 2. The van der Waals surface area contributed by atoms with Gasteiger partial charge < -0.3 is 9.15 Å². The van der Waals surface area contributed by atoms with Crippen LogP contribution in [0, 0.1) is 0 Å². The van der Waals surface area contributed by atoms with Gasteiger partial charge in [-0.2, -0.15) is 8.78 Å². The Morgan fingerprint density at radius 2 is 1.80 bits per heavy atom. The Bertz CT molecular complexity index is 1360. The predicted molar refractivity (Wildman–Crippen MR) is 112 cm³/mol. The molecule has 156 valence electrons. The van der Waals surface area contributed by atoms with Gasteiger partial charge in [0.1, 0.15) is 5.58 Å². The molecule has 0 fully saturated rings. The Kier molecular flexibility index (Phi) is 5.21. The van der Waals surface area contributed by atoms with E-state index < -0.39 is 16.6 Å². The fraction of sp³-hybridized carbons (Fsp3) is 0.105. The number of rotatable bonds is 5. The predicted octanol–water partition coefficient (Wildman–Crippen LogP) is 5.99. The molecule has 0 unspecified atom stereocenters.